The highest BCUT2D eigenvalue weighted by atomic mass is 16.5. The number of esters is 1. The lowest BCUT2D eigenvalue weighted by atomic mass is 10.2. The van der Waals surface area contributed by atoms with E-state index >= 15 is 0 Å². The number of hydrogen-bond acceptors (Lipinski definition) is 7. The second-order valence-electron chi connectivity index (χ2n) is 7.03. The Balaban J connectivity index is 1.58. The predicted molar refractivity (Wildman–Crippen MR) is 118 cm³/mol. The Labute approximate surface area is 189 Å². The van der Waals surface area contributed by atoms with E-state index in [1.807, 2.05) is 0 Å². The zero-order valence-electron chi connectivity index (χ0n) is 18.0. The van der Waals surface area contributed by atoms with Crippen molar-refractivity contribution in [3.8, 4) is 5.75 Å². The van der Waals surface area contributed by atoms with Crippen LogP contribution in [-0.4, -0.2) is 43.3 Å². The third kappa shape index (κ3) is 6.06. The van der Waals surface area contributed by atoms with Gasteiger partial charge in [0.2, 0.25) is 17.7 Å². The van der Waals surface area contributed by atoms with Gasteiger partial charge in [-0.25, -0.2) is 9.80 Å². The van der Waals surface area contributed by atoms with Gasteiger partial charge in [-0.1, -0.05) is 0 Å². The minimum atomic E-state index is -0.746. The molecule has 1 aliphatic heterocycles. The number of carbonyl (C=O) groups is 5. The molecule has 0 bridgehead atoms. The number of hydrazine groups is 1. The number of nitrogens with one attached hydrogen (secondary N) is 3. The molecule has 33 heavy (non-hydrogen) atoms. The average Bonchev–Trinajstić information content (AvgIpc) is 2.79. The molecule has 1 fully saturated rings. The molecule has 3 rings (SSSR count). The van der Waals surface area contributed by atoms with E-state index in [2.05, 4.69) is 16.1 Å². The number of carbonyl (C=O) groups excluding carboxylic acids is 5. The third-order valence-electron chi connectivity index (χ3n) is 4.54. The number of anilines is 3. The molecule has 0 aliphatic carbocycles. The van der Waals surface area contributed by atoms with Crippen LogP contribution in [0, 0.1) is 0 Å². The standard InChI is InChI=1S/C22H22N4O7/c1-13(27)23-15-5-8-18(32-2)17(11-15)24-20(29)12-33-22(31)14-3-6-16(7-4-14)26-21(30)10-9-19(28)25-26/h3-8,11H,9-10,12H2,1-2H3,(H,23,27)(H,24,29)(H,25,28). The van der Waals surface area contributed by atoms with E-state index < -0.39 is 18.5 Å². The SMILES string of the molecule is COc1ccc(NC(C)=O)cc1NC(=O)COC(=O)c1ccc(N2NC(=O)CCC2=O)cc1. The molecule has 0 saturated carbocycles. The smallest absolute Gasteiger partial charge is 0.338 e. The van der Waals surface area contributed by atoms with Crippen molar-refractivity contribution in [2.45, 2.75) is 19.8 Å². The van der Waals surface area contributed by atoms with Gasteiger partial charge in [-0.2, -0.15) is 0 Å². The molecule has 0 spiro atoms. The fourth-order valence-corrected chi connectivity index (χ4v) is 3.02. The number of amides is 4. The van der Waals surface area contributed by atoms with Crippen LogP contribution in [-0.2, 0) is 23.9 Å². The summed E-state index contributed by atoms with van der Waals surface area (Å²) in [6.45, 7) is 0.795. The van der Waals surface area contributed by atoms with E-state index in [1.54, 1.807) is 12.1 Å². The Kier molecular flexibility index (Phi) is 7.24. The van der Waals surface area contributed by atoms with Gasteiger partial charge in [0.15, 0.2) is 6.61 Å². The van der Waals surface area contributed by atoms with E-state index in [0.29, 0.717) is 22.8 Å². The Morgan fingerprint density at radius 2 is 1.76 bits per heavy atom. The van der Waals surface area contributed by atoms with Gasteiger partial charge in [-0.3, -0.25) is 24.6 Å². The van der Waals surface area contributed by atoms with Crippen molar-refractivity contribution in [1.29, 1.82) is 0 Å². The first-order valence-electron chi connectivity index (χ1n) is 9.92. The monoisotopic (exact) mass is 454 g/mol. The molecule has 2 aromatic carbocycles. The maximum absolute atomic E-state index is 12.3. The normalized spacial score (nSPS) is 13.1. The summed E-state index contributed by atoms with van der Waals surface area (Å²) in [4.78, 5) is 59.2. The van der Waals surface area contributed by atoms with Crippen molar-refractivity contribution in [3.63, 3.8) is 0 Å². The van der Waals surface area contributed by atoms with Crippen LogP contribution < -0.4 is 25.8 Å². The van der Waals surface area contributed by atoms with E-state index in [0.717, 1.165) is 5.01 Å². The minimum absolute atomic E-state index is 0.100. The fourth-order valence-electron chi connectivity index (χ4n) is 3.02. The van der Waals surface area contributed by atoms with Crippen molar-refractivity contribution < 1.29 is 33.4 Å². The average molecular weight is 454 g/mol. The molecule has 3 N–H and O–H groups in total. The summed E-state index contributed by atoms with van der Waals surface area (Å²) in [7, 11) is 1.43. The number of ether oxygens (including phenoxy) is 2. The van der Waals surface area contributed by atoms with E-state index in [-0.39, 0.29) is 36.1 Å². The molecule has 1 aliphatic rings. The number of hydrogen-bond donors (Lipinski definition) is 3. The van der Waals surface area contributed by atoms with Gasteiger partial charge < -0.3 is 20.1 Å². The summed E-state index contributed by atoms with van der Waals surface area (Å²) in [6.07, 6.45) is 0.231. The first-order valence-corrected chi connectivity index (χ1v) is 9.92. The summed E-state index contributed by atoms with van der Waals surface area (Å²) >= 11 is 0. The summed E-state index contributed by atoms with van der Waals surface area (Å²) in [5.41, 5.74) is 3.77. The summed E-state index contributed by atoms with van der Waals surface area (Å²) < 4.78 is 10.2. The molecule has 172 valence electrons. The molecule has 11 heteroatoms. The summed E-state index contributed by atoms with van der Waals surface area (Å²) in [6, 6.07) is 10.5. The van der Waals surface area contributed by atoms with E-state index in [9.17, 15) is 24.0 Å². The lowest BCUT2D eigenvalue weighted by molar-refractivity contribution is -0.130. The number of rotatable bonds is 7. The Bertz CT molecular complexity index is 1100. The lowest BCUT2D eigenvalue weighted by Crippen LogP contribution is -2.50. The van der Waals surface area contributed by atoms with Crippen LogP contribution in [0.15, 0.2) is 42.5 Å². The molecule has 2 aromatic rings. The van der Waals surface area contributed by atoms with Crippen LogP contribution in [0.25, 0.3) is 0 Å². The summed E-state index contributed by atoms with van der Waals surface area (Å²) in [5.74, 6) is -1.81. The van der Waals surface area contributed by atoms with Crippen molar-refractivity contribution in [3.05, 3.63) is 48.0 Å². The Hall–Kier alpha value is -4.41. The van der Waals surface area contributed by atoms with Gasteiger partial charge in [-0.15, -0.1) is 0 Å². The Morgan fingerprint density at radius 1 is 1.03 bits per heavy atom. The molecule has 4 amide bonds. The molecule has 1 heterocycles. The van der Waals surface area contributed by atoms with Crippen LogP contribution in [0.2, 0.25) is 0 Å². The zero-order chi connectivity index (χ0) is 24.0. The molecule has 0 aromatic heterocycles. The highest BCUT2D eigenvalue weighted by Gasteiger charge is 2.24. The maximum atomic E-state index is 12.3. The van der Waals surface area contributed by atoms with Gasteiger partial charge in [0.1, 0.15) is 5.75 Å². The molecule has 0 unspecified atom stereocenters. The number of nitrogens with zero attached hydrogens (tertiary/aromatic N) is 1. The van der Waals surface area contributed by atoms with Crippen LogP contribution in [0.5, 0.6) is 5.75 Å². The molecular weight excluding hydrogens is 432 g/mol. The number of methoxy groups -OCH3 is 1. The molecule has 0 radical (unpaired) electrons. The highest BCUT2D eigenvalue weighted by Crippen LogP contribution is 2.28. The second kappa shape index (κ2) is 10.3. The fraction of sp³-hybridized carbons (Fsp3) is 0.227. The van der Waals surface area contributed by atoms with Gasteiger partial charge in [0, 0.05) is 25.5 Å². The van der Waals surface area contributed by atoms with Crippen molar-refractivity contribution in [2.24, 2.45) is 0 Å². The van der Waals surface area contributed by atoms with Crippen LogP contribution in [0.3, 0.4) is 0 Å². The van der Waals surface area contributed by atoms with Crippen LogP contribution in [0.1, 0.15) is 30.1 Å². The summed E-state index contributed by atoms with van der Waals surface area (Å²) in [5, 5.41) is 6.28. The predicted octanol–water partition coefficient (Wildman–Crippen LogP) is 1.61. The van der Waals surface area contributed by atoms with Crippen molar-refractivity contribution in [1.82, 2.24) is 5.43 Å². The second-order valence-corrected chi connectivity index (χ2v) is 7.03. The minimum Gasteiger partial charge on any atom is -0.495 e. The molecule has 0 atom stereocenters. The highest BCUT2D eigenvalue weighted by molar-refractivity contribution is 6.02. The van der Waals surface area contributed by atoms with Crippen LogP contribution >= 0.6 is 0 Å². The van der Waals surface area contributed by atoms with Gasteiger partial charge >= 0.3 is 5.97 Å². The van der Waals surface area contributed by atoms with Gasteiger partial charge in [0.25, 0.3) is 5.91 Å². The molecule has 11 nitrogen and oxygen atoms in total. The van der Waals surface area contributed by atoms with Gasteiger partial charge in [0.05, 0.1) is 24.0 Å². The quantitative estimate of drug-likeness (QED) is 0.539. The largest absolute Gasteiger partial charge is 0.495 e. The third-order valence-corrected chi connectivity index (χ3v) is 4.54. The maximum Gasteiger partial charge on any atom is 0.338 e. The van der Waals surface area contributed by atoms with E-state index in [1.165, 1.54) is 44.4 Å². The first kappa shape index (κ1) is 23.3. The number of benzene rings is 2. The van der Waals surface area contributed by atoms with Crippen molar-refractivity contribution >= 4 is 46.7 Å². The molecular formula is C22H22N4O7. The Morgan fingerprint density at radius 3 is 2.42 bits per heavy atom. The van der Waals surface area contributed by atoms with Crippen molar-refractivity contribution in [2.75, 3.05) is 29.4 Å². The van der Waals surface area contributed by atoms with Crippen LogP contribution in [0.4, 0.5) is 17.1 Å². The topological polar surface area (TPSA) is 143 Å². The molecule has 1 saturated heterocycles. The van der Waals surface area contributed by atoms with Gasteiger partial charge in [-0.05, 0) is 42.5 Å². The zero-order valence-corrected chi connectivity index (χ0v) is 18.0. The first-order chi connectivity index (χ1) is 15.8. The van der Waals surface area contributed by atoms with E-state index in [4.69, 9.17) is 9.47 Å². The lowest BCUT2D eigenvalue weighted by Gasteiger charge is -2.27.